The van der Waals surface area contributed by atoms with Gasteiger partial charge in [-0.25, -0.2) is 4.98 Å². The van der Waals surface area contributed by atoms with Gasteiger partial charge >= 0.3 is 0 Å². The molecule has 6 nitrogen and oxygen atoms in total. The van der Waals surface area contributed by atoms with E-state index in [0.29, 0.717) is 17.8 Å². The van der Waals surface area contributed by atoms with Crippen molar-refractivity contribution in [3.63, 3.8) is 0 Å². The molecule has 1 aromatic heterocycles. The fourth-order valence-corrected chi connectivity index (χ4v) is 5.46. The molecule has 1 aliphatic heterocycles. The number of phenols is 1. The Balaban J connectivity index is 1.49. The van der Waals surface area contributed by atoms with E-state index in [0.717, 1.165) is 43.5 Å². The van der Waals surface area contributed by atoms with Gasteiger partial charge in [-0.1, -0.05) is 31.4 Å². The first-order valence-electron chi connectivity index (χ1n) is 10.4. The van der Waals surface area contributed by atoms with Crippen molar-refractivity contribution in [3.8, 4) is 5.75 Å². The number of aromatic nitrogens is 1. The Kier molecular flexibility index (Phi) is 5.96. The molecule has 1 saturated heterocycles. The number of nitrogens with zero attached hydrogens (tertiary/aromatic N) is 2. The second kappa shape index (κ2) is 8.63. The van der Waals surface area contributed by atoms with Crippen molar-refractivity contribution in [2.75, 3.05) is 6.54 Å². The molecule has 0 bridgehead atoms. The molecule has 2 heterocycles. The van der Waals surface area contributed by atoms with E-state index in [9.17, 15) is 14.7 Å². The van der Waals surface area contributed by atoms with E-state index in [-0.39, 0.29) is 29.4 Å². The number of amides is 1. The summed E-state index contributed by atoms with van der Waals surface area (Å²) >= 11 is 1.41. The highest BCUT2D eigenvalue weighted by Crippen LogP contribution is 2.36. The summed E-state index contributed by atoms with van der Waals surface area (Å²) in [5, 5.41) is 12.1. The predicted molar refractivity (Wildman–Crippen MR) is 112 cm³/mol. The number of ketones is 1. The molecule has 29 heavy (non-hydrogen) atoms. The number of hydrogen-bond donors (Lipinski definition) is 2. The quantitative estimate of drug-likeness (QED) is 0.730. The Morgan fingerprint density at radius 2 is 1.97 bits per heavy atom. The number of hydrogen-bond acceptors (Lipinski definition) is 6. The molecule has 1 aliphatic carbocycles. The summed E-state index contributed by atoms with van der Waals surface area (Å²) in [6, 6.07) is 5.73. The number of rotatable bonds is 5. The summed E-state index contributed by atoms with van der Waals surface area (Å²) < 4.78 is 0. The Labute approximate surface area is 174 Å². The standard InChI is InChI=1S/C22H27N3O3S/c23-19(14-6-2-1-3-7-14)22(28)25-11-5-10-18(25)21-24-17(13-29-21)20(27)15-8-4-9-16(26)12-15/h4,8-9,12-14,18-19,26H,1-3,5-7,10-11,23H2. The lowest BCUT2D eigenvalue weighted by molar-refractivity contribution is -0.135. The largest absolute Gasteiger partial charge is 0.508 e. The first kappa shape index (κ1) is 20.0. The first-order valence-corrected chi connectivity index (χ1v) is 11.3. The van der Waals surface area contributed by atoms with Crippen LogP contribution in [-0.2, 0) is 4.79 Å². The van der Waals surface area contributed by atoms with Gasteiger partial charge in [0.25, 0.3) is 0 Å². The molecule has 4 rings (SSSR count). The molecule has 2 aromatic rings. The van der Waals surface area contributed by atoms with Gasteiger partial charge in [0, 0.05) is 17.5 Å². The number of likely N-dealkylation sites (tertiary alicyclic amines) is 1. The van der Waals surface area contributed by atoms with Crippen LogP contribution < -0.4 is 5.73 Å². The van der Waals surface area contributed by atoms with Crippen molar-refractivity contribution in [1.29, 1.82) is 0 Å². The molecule has 2 atom stereocenters. The van der Waals surface area contributed by atoms with Crippen LogP contribution in [0.5, 0.6) is 5.75 Å². The summed E-state index contributed by atoms with van der Waals surface area (Å²) in [7, 11) is 0. The van der Waals surface area contributed by atoms with Crippen molar-refractivity contribution in [2.24, 2.45) is 11.7 Å². The maximum atomic E-state index is 13.1. The fourth-order valence-electron chi connectivity index (χ4n) is 4.51. The van der Waals surface area contributed by atoms with Gasteiger partial charge in [0.1, 0.15) is 16.5 Å². The van der Waals surface area contributed by atoms with Gasteiger partial charge in [0.05, 0.1) is 12.1 Å². The van der Waals surface area contributed by atoms with Crippen molar-refractivity contribution in [3.05, 3.63) is 45.9 Å². The SMILES string of the molecule is NC(C(=O)N1CCCC1c1nc(C(=O)c2cccc(O)c2)cs1)C1CCCCC1. The maximum absolute atomic E-state index is 13.1. The van der Waals surface area contributed by atoms with Gasteiger partial charge in [-0.2, -0.15) is 0 Å². The zero-order valence-corrected chi connectivity index (χ0v) is 17.2. The number of carbonyl (C=O) groups is 2. The van der Waals surface area contributed by atoms with Gasteiger partial charge in [0.2, 0.25) is 11.7 Å². The van der Waals surface area contributed by atoms with Gasteiger partial charge in [-0.05, 0) is 43.7 Å². The zero-order valence-electron chi connectivity index (χ0n) is 16.4. The van der Waals surface area contributed by atoms with E-state index in [4.69, 9.17) is 5.73 Å². The second-order valence-corrected chi connectivity index (χ2v) is 8.95. The van der Waals surface area contributed by atoms with Crippen LogP contribution in [0.15, 0.2) is 29.6 Å². The normalized spacial score (nSPS) is 21.3. The third-order valence-corrected chi connectivity index (χ3v) is 7.07. The minimum atomic E-state index is -0.441. The molecular formula is C22H27N3O3S. The van der Waals surface area contributed by atoms with Crippen molar-refractivity contribution in [2.45, 2.75) is 57.0 Å². The molecule has 7 heteroatoms. The average molecular weight is 414 g/mol. The fraction of sp³-hybridized carbons (Fsp3) is 0.500. The molecule has 0 radical (unpaired) electrons. The highest BCUT2D eigenvalue weighted by atomic mass is 32.1. The van der Waals surface area contributed by atoms with Gasteiger partial charge in [0.15, 0.2) is 0 Å². The predicted octanol–water partition coefficient (Wildman–Crippen LogP) is 3.65. The molecule has 3 N–H and O–H groups in total. The summed E-state index contributed by atoms with van der Waals surface area (Å²) in [5.41, 5.74) is 7.13. The van der Waals surface area contributed by atoms with E-state index in [1.807, 2.05) is 4.90 Å². The van der Waals surface area contributed by atoms with Crippen LogP contribution >= 0.6 is 11.3 Å². The highest BCUT2D eigenvalue weighted by molar-refractivity contribution is 7.10. The number of benzene rings is 1. The molecule has 1 saturated carbocycles. The topological polar surface area (TPSA) is 96.5 Å². The van der Waals surface area contributed by atoms with Crippen molar-refractivity contribution >= 4 is 23.0 Å². The number of carbonyl (C=O) groups excluding carboxylic acids is 2. The van der Waals surface area contributed by atoms with Crippen LogP contribution in [0.1, 0.15) is 72.0 Å². The minimum absolute atomic E-state index is 0.0236. The van der Waals surface area contributed by atoms with Crippen LogP contribution in [0, 0.1) is 5.92 Å². The third-order valence-electron chi connectivity index (χ3n) is 6.13. The van der Waals surface area contributed by atoms with Gasteiger partial charge < -0.3 is 15.7 Å². The molecule has 2 fully saturated rings. The number of nitrogens with two attached hydrogens (primary N) is 1. The van der Waals surface area contributed by atoms with Crippen LogP contribution in [0.25, 0.3) is 0 Å². The Morgan fingerprint density at radius 3 is 2.72 bits per heavy atom. The van der Waals surface area contributed by atoms with E-state index < -0.39 is 6.04 Å². The molecular weight excluding hydrogens is 386 g/mol. The zero-order chi connectivity index (χ0) is 20.4. The lowest BCUT2D eigenvalue weighted by Gasteiger charge is -2.32. The first-order chi connectivity index (χ1) is 14.0. The molecule has 2 unspecified atom stereocenters. The van der Waals surface area contributed by atoms with Crippen molar-refractivity contribution in [1.82, 2.24) is 9.88 Å². The lowest BCUT2D eigenvalue weighted by atomic mass is 9.83. The molecule has 154 valence electrons. The monoisotopic (exact) mass is 413 g/mol. The summed E-state index contributed by atoms with van der Waals surface area (Å²) in [6.45, 7) is 0.694. The minimum Gasteiger partial charge on any atom is -0.508 e. The highest BCUT2D eigenvalue weighted by Gasteiger charge is 2.37. The summed E-state index contributed by atoms with van der Waals surface area (Å²) in [5.74, 6) is 0.126. The van der Waals surface area contributed by atoms with Crippen LogP contribution in [-0.4, -0.2) is 39.3 Å². The van der Waals surface area contributed by atoms with E-state index in [1.54, 1.807) is 17.5 Å². The van der Waals surface area contributed by atoms with Gasteiger partial charge in [-0.15, -0.1) is 11.3 Å². The van der Waals surface area contributed by atoms with Crippen LogP contribution in [0.2, 0.25) is 0 Å². The maximum Gasteiger partial charge on any atom is 0.240 e. The number of thiazole rings is 1. The third kappa shape index (κ3) is 4.21. The molecule has 1 aromatic carbocycles. The molecule has 1 amide bonds. The Morgan fingerprint density at radius 1 is 1.17 bits per heavy atom. The number of phenolic OH excluding ortho intramolecular Hbond substituents is 1. The summed E-state index contributed by atoms with van der Waals surface area (Å²) in [6.07, 6.45) is 7.37. The Bertz CT molecular complexity index is 891. The number of aromatic hydroxyl groups is 1. The lowest BCUT2D eigenvalue weighted by Crippen LogP contribution is -2.48. The average Bonchev–Trinajstić information content (AvgIpc) is 3.42. The smallest absolute Gasteiger partial charge is 0.240 e. The molecule has 0 spiro atoms. The Hall–Kier alpha value is -2.25. The molecule has 2 aliphatic rings. The van der Waals surface area contributed by atoms with Crippen LogP contribution in [0.3, 0.4) is 0 Å². The second-order valence-electron chi connectivity index (χ2n) is 8.06. The van der Waals surface area contributed by atoms with Gasteiger partial charge in [-0.3, -0.25) is 9.59 Å². The van der Waals surface area contributed by atoms with E-state index in [2.05, 4.69) is 4.98 Å². The summed E-state index contributed by atoms with van der Waals surface area (Å²) in [4.78, 5) is 32.2. The van der Waals surface area contributed by atoms with E-state index in [1.165, 1.54) is 29.9 Å². The van der Waals surface area contributed by atoms with Crippen LogP contribution in [0.4, 0.5) is 0 Å². The van der Waals surface area contributed by atoms with E-state index >= 15 is 0 Å². The van der Waals surface area contributed by atoms with Crippen molar-refractivity contribution < 1.29 is 14.7 Å².